The molecule has 3 heterocycles. The third-order valence-electron chi connectivity index (χ3n) is 7.93. The molecule has 2 aliphatic heterocycles. The minimum Gasteiger partial charge on any atom is -0.497 e. The number of fused-ring (bicyclic) bond motifs is 4. The van der Waals surface area contributed by atoms with Gasteiger partial charge in [0.25, 0.3) is 0 Å². The van der Waals surface area contributed by atoms with Crippen molar-refractivity contribution >= 4 is 10.9 Å². The van der Waals surface area contributed by atoms with Crippen molar-refractivity contribution < 1.29 is 14.6 Å². The fourth-order valence-electron chi connectivity index (χ4n) is 6.14. The van der Waals surface area contributed by atoms with E-state index in [-0.39, 0.29) is 18.1 Å². The molecule has 1 N–H and O–H groups in total. The van der Waals surface area contributed by atoms with Gasteiger partial charge in [0.15, 0.2) is 0 Å². The van der Waals surface area contributed by atoms with Crippen molar-refractivity contribution in [3.8, 4) is 11.5 Å². The number of methoxy groups -OCH3 is 2. The quantitative estimate of drug-likeness (QED) is 0.644. The van der Waals surface area contributed by atoms with Crippen LogP contribution < -0.4 is 9.47 Å². The predicted molar refractivity (Wildman–Crippen MR) is 131 cm³/mol. The van der Waals surface area contributed by atoms with Crippen LogP contribution in [0.2, 0.25) is 0 Å². The number of aliphatic hydroxyl groups is 1. The number of likely N-dealkylation sites (tertiary alicyclic amines) is 1. The van der Waals surface area contributed by atoms with E-state index in [1.54, 1.807) is 14.2 Å². The van der Waals surface area contributed by atoms with Crippen molar-refractivity contribution in [1.29, 1.82) is 0 Å². The van der Waals surface area contributed by atoms with Gasteiger partial charge in [-0.2, -0.15) is 0 Å². The molecule has 3 aromatic rings. The molecule has 0 amide bonds. The van der Waals surface area contributed by atoms with Crippen molar-refractivity contribution in [3.63, 3.8) is 0 Å². The topological polar surface area (TPSA) is 50.1 Å². The Hall–Kier alpha value is -2.54. The van der Waals surface area contributed by atoms with Gasteiger partial charge < -0.3 is 24.0 Å². The molecular formula is C27H35N3O3. The summed E-state index contributed by atoms with van der Waals surface area (Å²) in [5, 5.41) is 12.0. The molecule has 1 atom stereocenters. The van der Waals surface area contributed by atoms with Gasteiger partial charge in [-0.25, -0.2) is 0 Å². The summed E-state index contributed by atoms with van der Waals surface area (Å²) < 4.78 is 13.5. The van der Waals surface area contributed by atoms with E-state index in [0.29, 0.717) is 0 Å². The lowest BCUT2D eigenvalue weighted by molar-refractivity contribution is 0.0451. The molecule has 2 aliphatic rings. The van der Waals surface area contributed by atoms with Crippen molar-refractivity contribution in [2.45, 2.75) is 30.8 Å². The standard InChI is InChI=1S/C27H35N3O3/c1-28-13-11-27(12-14-28)18-30(16-19-7-5-6-8-24(19)33-4)23(17-31)26-25(27)21-10-9-20(32-3)15-22(21)29(26)2/h5-10,15,23,31H,11-14,16-18H2,1-4H3/t23-/m1/s1. The van der Waals surface area contributed by atoms with Crippen LogP contribution in [0.25, 0.3) is 10.9 Å². The Morgan fingerprint density at radius 2 is 1.79 bits per heavy atom. The molecule has 1 fully saturated rings. The Morgan fingerprint density at radius 3 is 2.48 bits per heavy atom. The normalized spacial score (nSPS) is 20.8. The first-order chi connectivity index (χ1) is 16.0. The third-order valence-corrected chi connectivity index (χ3v) is 7.93. The first-order valence-electron chi connectivity index (χ1n) is 11.8. The van der Waals surface area contributed by atoms with Crippen molar-refractivity contribution in [2.24, 2.45) is 7.05 Å². The molecule has 1 spiro atoms. The lowest BCUT2D eigenvalue weighted by Crippen LogP contribution is -2.53. The van der Waals surface area contributed by atoms with Crippen LogP contribution in [0.15, 0.2) is 42.5 Å². The summed E-state index contributed by atoms with van der Waals surface area (Å²) in [4.78, 5) is 4.91. The summed E-state index contributed by atoms with van der Waals surface area (Å²) in [5.41, 5.74) is 5.07. The molecule has 6 heteroatoms. The number of rotatable bonds is 5. The van der Waals surface area contributed by atoms with Crippen LogP contribution in [0, 0.1) is 0 Å². The zero-order valence-electron chi connectivity index (χ0n) is 20.2. The molecule has 0 aliphatic carbocycles. The summed E-state index contributed by atoms with van der Waals surface area (Å²) in [7, 11) is 7.80. The Morgan fingerprint density at radius 1 is 1.03 bits per heavy atom. The maximum absolute atomic E-state index is 10.7. The van der Waals surface area contributed by atoms with E-state index in [9.17, 15) is 5.11 Å². The van der Waals surface area contributed by atoms with Crippen LogP contribution in [-0.2, 0) is 19.0 Å². The highest BCUT2D eigenvalue weighted by Crippen LogP contribution is 2.50. The van der Waals surface area contributed by atoms with Gasteiger partial charge in [-0.3, -0.25) is 4.90 Å². The van der Waals surface area contributed by atoms with Crippen LogP contribution in [0.3, 0.4) is 0 Å². The maximum atomic E-state index is 10.7. The molecule has 1 saturated heterocycles. The van der Waals surface area contributed by atoms with Crippen LogP contribution in [-0.4, -0.2) is 67.0 Å². The summed E-state index contributed by atoms with van der Waals surface area (Å²) in [6.07, 6.45) is 2.23. The highest BCUT2D eigenvalue weighted by Gasteiger charge is 2.47. The summed E-state index contributed by atoms with van der Waals surface area (Å²) in [6.45, 7) is 3.93. The Labute approximate surface area is 196 Å². The minimum atomic E-state index is -0.0708. The maximum Gasteiger partial charge on any atom is 0.123 e. The number of hydrogen-bond acceptors (Lipinski definition) is 5. The number of aromatic nitrogens is 1. The number of hydrogen-bond donors (Lipinski definition) is 1. The first-order valence-corrected chi connectivity index (χ1v) is 11.8. The smallest absolute Gasteiger partial charge is 0.123 e. The number of benzene rings is 2. The molecule has 2 aromatic carbocycles. The second-order valence-electron chi connectivity index (χ2n) is 9.70. The second-order valence-corrected chi connectivity index (χ2v) is 9.70. The minimum absolute atomic E-state index is 0.0592. The van der Waals surface area contributed by atoms with E-state index < -0.39 is 0 Å². The molecule has 0 bridgehead atoms. The van der Waals surface area contributed by atoms with E-state index >= 15 is 0 Å². The van der Waals surface area contributed by atoms with E-state index in [4.69, 9.17) is 9.47 Å². The van der Waals surface area contributed by atoms with Gasteiger partial charge in [0.2, 0.25) is 0 Å². The fraction of sp³-hybridized carbons (Fsp3) is 0.481. The van der Waals surface area contributed by atoms with E-state index in [0.717, 1.165) is 56.1 Å². The molecule has 0 radical (unpaired) electrons. The summed E-state index contributed by atoms with van der Waals surface area (Å²) >= 11 is 0. The summed E-state index contributed by atoms with van der Waals surface area (Å²) in [6, 6.07) is 14.6. The molecular weight excluding hydrogens is 414 g/mol. The first kappa shape index (κ1) is 22.3. The second kappa shape index (κ2) is 8.67. The Balaban J connectivity index is 1.68. The molecule has 6 nitrogen and oxygen atoms in total. The average molecular weight is 450 g/mol. The number of aryl methyl sites for hydroxylation is 1. The van der Waals surface area contributed by atoms with Gasteiger partial charge in [0, 0.05) is 48.3 Å². The molecule has 0 saturated carbocycles. The van der Waals surface area contributed by atoms with Crippen molar-refractivity contribution in [1.82, 2.24) is 14.4 Å². The van der Waals surface area contributed by atoms with Crippen LogP contribution in [0.1, 0.15) is 35.7 Å². The van der Waals surface area contributed by atoms with Crippen molar-refractivity contribution in [3.05, 3.63) is 59.3 Å². The Bertz CT molecular complexity index is 1150. The number of nitrogens with zero attached hydrogens (tertiary/aromatic N) is 3. The lowest BCUT2D eigenvalue weighted by atomic mass is 9.68. The SMILES string of the molecule is COc1ccc2c3c(n(C)c2c1)[C@@H](CO)N(Cc1ccccc1OC)CC31CCN(C)CC1. The molecule has 1 aromatic heterocycles. The average Bonchev–Trinajstić information content (AvgIpc) is 3.14. The molecule has 5 rings (SSSR count). The zero-order valence-corrected chi connectivity index (χ0v) is 20.2. The number of piperidine rings is 1. The van der Waals surface area contributed by atoms with E-state index in [2.05, 4.69) is 58.8 Å². The van der Waals surface area contributed by atoms with Crippen LogP contribution in [0.4, 0.5) is 0 Å². The predicted octanol–water partition coefficient (Wildman–Crippen LogP) is 3.71. The van der Waals surface area contributed by atoms with Gasteiger partial charge in [-0.15, -0.1) is 0 Å². The van der Waals surface area contributed by atoms with E-state index in [1.165, 1.54) is 22.2 Å². The highest BCUT2D eigenvalue weighted by atomic mass is 16.5. The van der Waals surface area contributed by atoms with Crippen molar-refractivity contribution in [2.75, 3.05) is 47.5 Å². The van der Waals surface area contributed by atoms with Crippen LogP contribution in [0.5, 0.6) is 11.5 Å². The Kier molecular flexibility index (Phi) is 5.85. The third kappa shape index (κ3) is 3.61. The van der Waals surface area contributed by atoms with Gasteiger partial charge in [-0.1, -0.05) is 18.2 Å². The van der Waals surface area contributed by atoms with Gasteiger partial charge in [0.1, 0.15) is 11.5 Å². The van der Waals surface area contributed by atoms with Gasteiger partial charge in [0.05, 0.1) is 32.4 Å². The molecule has 33 heavy (non-hydrogen) atoms. The monoisotopic (exact) mass is 449 g/mol. The number of para-hydroxylation sites is 1. The molecule has 0 unspecified atom stereocenters. The fourth-order valence-corrected chi connectivity index (χ4v) is 6.14. The van der Waals surface area contributed by atoms with Crippen LogP contribution >= 0.6 is 0 Å². The van der Waals surface area contributed by atoms with Gasteiger partial charge >= 0.3 is 0 Å². The molecule has 176 valence electrons. The zero-order chi connectivity index (χ0) is 23.2. The number of ether oxygens (including phenoxy) is 2. The van der Waals surface area contributed by atoms with Gasteiger partial charge in [-0.05, 0) is 56.7 Å². The summed E-state index contributed by atoms with van der Waals surface area (Å²) in [5.74, 6) is 1.77. The highest BCUT2D eigenvalue weighted by molar-refractivity contribution is 5.88. The van der Waals surface area contributed by atoms with E-state index in [1.807, 2.05) is 12.1 Å². The lowest BCUT2D eigenvalue weighted by Gasteiger charge is -2.50. The number of aliphatic hydroxyl groups excluding tert-OH is 1. The largest absolute Gasteiger partial charge is 0.497 e.